The fraction of sp³-hybridized carbons (Fsp3) is 0.350. The maximum absolute atomic E-state index is 11.9. The molecule has 5 nitrogen and oxygen atoms in total. The highest BCUT2D eigenvalue weighted by Gasteiger charge is 2.18. The standard InChI is InChI=1S/C20H25N3O2/c21-20(24)19(16-6-2-1-3-7-16)22-14-17-8-4-5-9-18(17)15-23-10-12-25-13-11-23/h1-9,19,22H,10-15H2,(H2,21,24)/t19-/m0/s1. The number of hydrogen-bond acceptors (Lipinski definition) is 4. The molecule has 1 heterocycles. The third kappa shape index (κ3) is 4.89. The van der Waals surface area contributed by atoms with Crippen molar-refractivity contribution in [3.63, 3.8) is 0 Å². The first-order valence-corrected chi connectivity index (χ1v) is 8.68. The molecule has 0 bridgehead atoms. The number of nitrogens with one attached hydrogen (secondary N) is 1. The van der Waals surface area contributed by atoms with Gasteiger partial charge in [-0.2, -0.15) is 0 Å². The van der Waals surface area contributed by atoms with Gasteiger partial charge in [-0.15, -0.1) is 0 Å². The van der Waals surface area contributed by atoms with E-state index in [1.165, 1.54) is 11.1 Å². The van der Waals surface area contributed by atoms with Gasteiger partial charge in [-0.3, -0.25) is 15.0 Å². The number of ether oxygens (including phenoxy) is 1. The highest BCUT2D eigenvalue weighted by Crippen LogP contribution is 2.16. The van der Waals surface area contributed by atoms with Crippen LogP contribution in [0.2, 0.25) is 0 Å². The van der Waals surface area contributed by atoms with E-state index < -0.39 is 6.04 Å². The first-order chi connectivity index (χ1) is 12.2. The van der Waals surface area contributed by atoms with Crippen molar-refractivity contribution < 1.29 is 9.53 Å². The van der Waals surface area contributed by atoms with Gasteiger partial charge in [-0.25, -0.2) is 0 Å². The molecule has 1 saturated heterocycles. The van der Waals surface area contributed by atoms with Crippen LogP contribution in [-0.2, 0) is 22.6 Å². The second-order valence-corrected chi connectivity index (χ2v) is 6.28. The quantitative estimate of drug-likeness (QED) is 0.808. The summed E-state index contributed by atoms with van der Waals surface area (Å²) in [6, 6.07) is 17.4. The lowest BCUT2D eigenvalue weighted by atomic mass is 10.0. The predicted molar refractivity (Wildman–Crippen MR) is 97.8 cm³/mol. The molecule has 0 aliphatic carbocycles. The zero-order chi connectivity index (χ0) is 17.5. The number of nitrogens with zero attached hydrogens (tertiary/aromatic N) is 1. The number of carbonyl (C=O) groups excluding carboxylic acids is 1. The Balaban J connectivity index is 1.68. The van der Waals surface area contributed by atoms with Crippen LogP contribution in [0.25, 0.3) is 0 Å². The van der Waals surface area contributed by atoms with Crippen LogP contribution in [0, 0.1) is 0 Å². The Kier molecular flexibility index (Phi) is 6.17. The van der Waals surface area contributed by atoms with E-state index in [0.717, 1.165) is 38.4 Å². The Morgan fingerprint density at radius 3 is 2.36 bits per heavy atom. The molecule has 1 atom stereocenters. The van der Waals surface area contributed by atoms with Crippen molar-refractivity contribution >= 4 is 5.91 Å². The number of primary amides is 1. The van der Waals surface area contributed by atoms with E-state index in [-0.39, 0.29) is 5.91 Å². The van der Waals surface area contributed by atoms with E-state index in [0.29, 0.717) is 6.54 Å². The van der Waals surface area contributed by atoms with Crippen LogP contribution in [0.15, 0.2) is 54.6 Å². The molecule has 1 aliphatic heterocycles. The van der Waals surface area contributed by atoms with Gasteiger partial charge in [-0.1, -0.05) is 54.6 Å². The van der Waals surface area contributed by atoms with Crippen molar-refractivity contribution in [3.05, 3.63) is 71.3 Å². The van der Waals surface area contributed by atoms with Crippen molar-refractivity contribution in [1.82, 2.24) is 10.2 Å². The van der Waals surface area contributed by atoms with Gasteiger partial charge in [0.1, 0.15) is 6.04 Å². The maximum atomic E-state index is 11.9. The zero-order valence-electron chi connectivity index (χ0n) is 14.4. The predicted octanol–water partition coefficient (Wildman–Crippen LogP) is 1.83. The molecule has 0 radical (unpaired) electrons. The van der Waals surface area contributed by atoms with Crippen molar-refractivity contribution in [3.8, 4) is 0 Å². The summed E-state index contributed by atoms with van der Waals surface area (Å²) in [5.41, 5.74) is 8.95. The smallest absolute Gasteiger partial charge is 0.239 e. The van der Waals surface area contributed by atoms with Crippen LogP contribution in [0.1, 0.15) is 22.7 Å². The molecular weight excluding hydrogens is 314 g/mol. The lowest BCUT2D eigenvalue weighted by Crippen LogP contribution is -2.36. The number of benzene rings is 2. The van der Waals surface area contributed by atoms with Gasteiger partial charge in [0.15, 0.2) is 0 Å². The summed E-state index contributed by atoms with van der Waals surface area (Å²) < 4.78 is 5.42. The van der Waals surface area contributed by atoms with Gasteiger partial charge < -0.3 is 10.5 Å². The molecule has 1 amide bonds. The molecule has 2 aromatic rings. The highest BCUT2D eigenvalue weighted by atomic mass is 16.5. The van der Waals surface area contributed by atoms with E-state index in [1.807, 2.05) is 36.4 Å². The average Bonchev–Trinajstić information content (AvgIpc) is 2.65. The largest absolute Gasteiger partial charge is 0.379 e. The van der Waals surface area contributed by atoms with Crippen LogP contribution in [-0.4, -0.2) is 37.1 Å². The third-order valence-electron chi connectivity index (χ3n) is 4.53. The monoisotopic (exact) mass is 339 g/mol. The summed E-state index contributed by atoms with van der Waals surface area (Å²) in [6.07, 6.45) is 0. The minimum absolute atomic E-state index is 0.364. The van der Waals surface area contributed by atoms with Crippen LogP contribution < -0.4 is 11.1 Å². The molecule has 132 valence electrons. The molecule has 1 fully saturated rings. The number of hydrogen-bond donors (Lipinski definition) is 2. The summed E-state index contributed by atoms with van der Waals surface area (Å²) >= 11 is 0. The normalized spacial score (nSPS) is 16.5. The Hall–Kier alpha value is -2.21. The Bertz CT molecular complexity index is 684. The van der Waals surface area contributed by atoms with Crippen molar-refractivity contribution in [2.45, 2.75) is 19.1 Å². The number of carbonyl (C=O) groups is 1. The zero-order valence-corrected chi connectivity index (χ0v) is 14.4. The van der Waals surface area contributed by atoms with Crippen LogP contribution in [0.3, 0.4) is 0 Å². The molecule has 5 heteroatoms. The second kappa shape index (κ2) is 8.76. The van der Waals surface area contributed by atoms with Crippen LogP contribution in [0.4, 0.5) is 0 Å². The molecule has 3 N–H and O–H groups in total. The van der Waals surface area contributed by atoms with E-state index in [9.17, 15) is 4.79 Å². The van der Waals surface area contributed by atoms with Gasteiger partial charge in [0, 0.05) is 26.2 Å². The topological polar surface area (TPSA) is 67.6 Å². The van der Waals surface area contributed by atoms with Gasteiger partial charge >= 0.3 is 0 Å². The van der Waals surface area contributed by atoms with Crippen LogP contribution >= 0.6 is 0 Å². The Morgan fingerprint density at radius 2 is 1.68 bits per heavy atom. The fourth-order valence-corrected chi connectivity index (χ4v) is 3.12. The van der Waals surface area contributed by atoms with E-state index in [2.05, 4.69) is 28.4 Å². The summed E-state index contributed by atoms with van der Waals surface area (Å²) in [5, 5.41) is 3.31. The lowest BCUT2D eigenvalue weighted by molar-refractivity contribution is -0.120. The van der Waals surface area contributed by atoms with E-state index >= 15 is 0 Å². The van der Waals surface area contributed by atoms with Gasteiger partial charge in [0.2, 0.25) is 5.91 Å². The number of nitrogens with two attached hydrogens (primary N) is 1. The minimum Gasteiger partial charge on any atom is -0.379 e. The Labute approximate surface area is 148 Å². The first-order valence-electron chi connectivity index (χ1n) is 8.68. The van der Waals surface area contributed by atoms with Gasteiger partial charge in [-0.05, 0) is 16.7 Å². The van der Waals surface area contributed by atoms with E-state index in [1.54, 1.807) is 0 Å². The lowest BCUT2D eigenvalue weighted by Gasteiger charge is -2.27. The van der Waals surface area contributed by atoms with Crippen LogP contribution in [0.5, 0.6) is 0 Å². The molecule has 0 unspecified atom stereocenters. The van der Waals surface area contributed by atoms with Gasteiger partial charge in [0.25, 0.3) is 0 Å². The summed E-state index contributed by atoms with van der Waals surface area (Å²) in [6.45, 7) is 4.98. The van der Waals surface area contributed by atoms with E-state index in [4.69, 9.17) is 10.5 Å². The minimum atomic E-state index is -0.488. The molecule has 25 heavy (non-hydrogen) atoms. The summed E-state index contributed by atoms with van der Waals surface area (Å²) in [5.74, 6) is -0.364. The fourth-order valence-electron chi connectivity index (χ4n) is 3.12. The molecule has 0 aromatic heterocycles. The second-order valence-electron chi connectivity index (χ2n) is 6.28. The third-order valence-corrected chi connectivity index (χ3v) is 4.53. The molecule has 0 saturated carbocycles. The highest BCUT2D eigenvalue weighted by molar-refractivity contribution is 5.81. The number of morpholine rings is 1. The summed E-state index contributed by atoms with van der Waals surface area (Å²) in [4.78, 5) is 14.3. The number of rotatable bonds is 7. The van der Waals surface area contributed by atoms with Gasteiger partial charge in [0.05, 0.1) is 13.2 Å². The molecule has 2 aromatic carbocycles. The average molecular weight is 339 g/mol. The summed E-state index contributed by atoms with van der Waals surface area (Å²) in [7, 11) is 0. The molecule has 0 spiro atoms. The van der Waals surface area contributed by atoms with Crippen molar-refractivity contribution in [1.29, 1.82) is 0 Å². The first kappa shape index (κ1) is 17.6. The molecule has 1 aliphatic rings. The number of amides is 1. The maximum Gasteiger partial charge on any atom is 0.239 e. The van der Waals surface area contributed by atoms with Crippen molar-refractivity contribution in [2.24, 2.45) is 5.73 Å². The Morgan fingerprint density at radius 1 is 1.04 bits per heavy atom. The molecular formula is C20H25N3O2. The van der Waals surface area contributed by atoms with Crippen molar-refractivity contribution in [2.75, 3.05) is 26.3 Å². The molecule has 3 rings (SSSR count). The SMILES string of the molecule is NC(=O)[C@@H](NCc1ccccc1CN1CCOCC1)c1ccccc1.